The highest BCUT2D eigenvalue weighted by Crippen LogP contribution is 2.21. The first-order chi connectivity index (χ1) is 13.5. The molecule has 0 spiro atoms. The molecule has 0 radical (unpaired) electrons. The summed E-state index contributed by atoms with van der Waals surface area (Å²) < 4.78 is 5.02. The van der Waals surface area contributed by atoms with Crippen LogP contribution < -0.4 is 21.5 Å². The van der Waals surface area contributed by atoms with Gasteiger partial charge in [-0.3, -0.25) is 14.5 Å². The summed E-state index contributed by atoms with van der Waals surface area (Å²) in [5.74, 6) is 0. The van der Waals surface area contributed by atoms with Gasteiger partial charge in [-0.1, -0.05) is 6.42 Å². The molecule has 1 amide bonds. The van der Waals surface area contributed by atoms with Crippen molar-refractivity contribution < 1.29 is 9.53 Å². The van der Waals surface area contributed by atoms with Crippen molar-refractivity contribution >= 4 is 17.5 Å². The maximum atomic E-state index is 12.0. The fraction of sp³-hybridized carbons (Fsp3) is 0.750. The van der Waals surface area contributed by atoms with Crippen LogP contribution in [0.3, 0.4) is 0 Å². The smallest absolute Gasteiger partial charge is 0.409 e. The number of amides is 1. The number of rotatable bonds is 7. The van der Waals surface area contributed by atoms with Gasteiger partial charge in [0.15, 0.2) is 0 Å². The Morgan fingerprint density at radius 3 is 2.46 bits per heavy atom. The van der Waals surface area contributed by atoms with Gasteiger partial charge in [-0.05, 0) is 46.1 Å². The molecule has 3 rings (SSSR count). The van der Waals surface area contributed by atoms with Crippen LogP contribution in [0.15, 0.2) is 9.59 Å². The highest BCUT2D eigenvalue weighted by molar-refractivity contribution is 5.74. The largest absolute Gasteiger partial charge is 0.450 e. The maximum absolute atomic E-state index is 12.0. The lowest BCUT2D eigenvalue weighted by Gasteiger charge is -2.34. The monoisotopic (exact) mass is 392 g/mol. The molecule has 28 heavy (non-hydrogen) atoms. The lowest BCUT2D eigenvalue weighted by atomic mass is 10.0. The Hall–Kier alpha value is -2.09. The summed E-state index contributed by atoms with van der Waals surface area (Å²) in [4.78, 5) is 39.9. The summed E-state index contributed by atoms with van der Waals surface area (Å²) in [6.45, 7) is 8.20. The lowest BCUT2D eigenvalue weighted by molar-refractivity contribution is 0.0983. The normalized spacial score (nSPS) is 21.6. The van der Waals surface area contributed by atoms with Gasteiger partial charge >= 0.3 is 6.09 Å². The molecule has 1 atom stereocenters. The van der Waals surface area contributed by atoms with Gasteiger partial charge in [0.25, 0.3) is 10.9 Å². The van der Waals surface area contributed by atoms with Crippen molar-refractivity contribution in [3.05, 3.63) is 20.4 Å². The first-order valence-corrected chi connectivity index (χ1v) is 10.5. The van der Waals surface area contributed by atoms with Crippen LogP contribution in [0.25, 0.3) is 0 Å². The third-order valence-electron chi connectivity index (χ3n) is 5.92. The molecule has 2 aliphatic heterocycles. The van der Waals surface area contributed by atoms with Crippen LogP contribution in [0.1, 0.15) is 46.0 Å². The van der Waals surface area contributed by atoms with E-state index in [9.17, 15) is 14.4 Å². The van der Waals surface area contributed by atoms with Crippen LogP contribution in [0.4, 0.5) is 16.2 Å². The first kappa shape index (κ1) is 20.6. The van der Waals surface area contributed by atoms with Crippen LogP contribution in [0, 0.1) is 0 Å². The quantitative estimate of drug-likeness (QED) is 0.681. The number of nitrogens with one attached hydrogen (secondary N) is 2. The molecular formula is C20H32N4O4. The minimum atomic E-state index is -0.443. The third kappa shape index (κ3) is 4.66. The Morgan fingerprint density at radius 1 is 1.07 bits per heavy atom. The van der Waals surface area contributed by atoms with Crippen molar-refractivity contribution in [1.29, 1.82) is 0 Å². The van der Waals surface area contributed by atoms with E-state index in [1.165, 1.54) is 19.3 Å². The summed E-state index contributed by atoms with van der Waals surface area (Å²) >= 11 is 0. The minimum absolute atomic E-state index is 0.0802. The molecule has 2 heterocycles. The molecule has 2 aliphatic rings. The highest BCUT2D eigenvalue weighted by Gasteiger charge is 2.28. The summed E-state index contributed by atoms with van der Waals surface area (Å²) in [6.07, 6.45) is 4.89. The van der Waals surface area contributed by atoms with E-state index in [4.69, 9.17) is 4.74 Å². The molecule has 2 N–H and O–H groups in total. The van der Waals surface area contributed by atoms with E-state index in [0.29, 0.717) is 43.7 Å². The van der Waals surface area contributed by atoms with E-state index in [2.05, 4.69) is 22.5 Å². The van der Waals surface area contributed by atoms with Crippen molar-refractivity contribution in [2.75, 3.05) is 50.0 Å². The molecule has 2 saturated heterocycles. The molecule has 1 unspecified atom stereocenters. The van der Waals surface area contributed by atoms with Crippen molar-refractivity contribution in [2.24, 2.45) is 0 Å². The highest BCUT2D eigenvalue weighted by atomic mass is 16.6. The van der Waals surface area contributed by atoms with E-state index in [0.717, 1.165) is 25.9 Å². The van der Waals surface area contributed by atoms with E-state index in [1.807, 2.05) is 0 Å². The lowest BCUT2D eigenvalue weighted by Crippen LogP contribution is -2.46. The Bertz CT molecular complexity index is 735. The number of nitrogens with zero attached hydrogens (tertiary/aromatic N) is 2. The predicted octanol–water partition coefficient (Wildman–Crippen LogP) is 1.60. The zero-order chi connectivity index (χ0) is 20.1. The van der Waals surface area contributed by atoms with Gasteiger partial charge in [0, 0.05) is 38.3 Å². The summed E-state index contributed by atoms with van der Waals surface area (Å²) in [6, 6.07) is 0.655. The minimum Gasteiger partial charge on any atom is -0.450 e. The Kier molecular flexibility index (Phi) is 6.93. The average Bonchev–Trinajstić information content (AvgIpc) is 2.71. The SMILES string of the molecule is CCOC(=O)N1CCC(Nc2c(NCCN3CCCCC3C)c(=O)c2=O)CC1. The standard InChI is InChI=1S/C20H32N4O4/c1-3-28-20(27)24-11-7-15(8-12-24)22-17-16(18(25)19(17)26)21-9-13-23-10-5-4-6-14(23)2/h14-15,21-22H,3-13H2,1-2H3. The van der Waals surface area contributed by atoms with E-state index < -0.39 is 10.9 Å². The van der Waals surface area contributed by atoms with Crippen molar-refractivity contribution in [3.63, 3.8) is 0 Å². The van der Waals surface area contributed by atoms with E-state index in [-0.39, 0.29) is 12.1 Å². The number of hydrogen-bond acceptors (Lipinski definition) is 7. The van der Waals surface area contributed by atoms with Gasteiger partial charge < -0.3 is 20.3 Å². The molecule has 0 aromatic heterocycles. The zero-order valence-electron chi connectivity index (χ0n) is 17.0. The number of piperidine rings is 2. The number of ether oxygens (including phenoxy) is 1. The molecule has 8 heteroatoms. The van der Waals surface area contributed by atoms with Gasteiger partial charge in [-0.25, -0.2) is 4.79 Å². The molecule has 1 aromatic carbocycles. The van der Waals surface area contributed by atoms with Gasteiger partial charge in [-0.2, -0.15) is 0 Å². The molecule has 2 fully saturated rings. The van der Waals surface area contributed by atoms with Crippen LogP contribution in [-0.2, 0) is 4.74 Å². The van der Waals surface area contributed by atoms with Crippen LogP contribution in [0.2, 0.25) is 0 Å². The second kappa shape index (κ2) is 9.41. The molecule has 156 valence electrons. The fourth-order valence-electron chi connectivity index (χ4n) is 4.14. The number of hydrogen-bond donors (Lipinski definition) is 2. The molecule has 0 aliphatic carbocycles. The summed E-state index contributed by atoms with van der Waals surface area (Å²) in [7, 11) is 0. The van der Waals surface area contributed by atoms with Gasteiger partial charge in [-0.15, -0.1) is 0 Å². The Morgan fingerprint density at radius 2 is 1.79 bits per heavy atom. The van der Waals surface area contributed by atoms with E-state index in [1.54, 1.807) is 11.8 Å². The fourth-order valence-corrected chi connectivity index (χ4v) is 4.14. The second-order valence-electron chi connectivity index (χ2n) is 7.82. The number of carbonyl (C=O) groups is 1. The zero-order valence-corrected chi connectivity index (χ0v) is 17.0. The second-order valence-corrected chi connectivity index (χ2v) is 7.82. The van der Waals surface area contributed by atoms with E-state index >= 15 is 0 Å². The topological polar surface area (TPSA) is 91.0 Å². The molecular weight excluding hydrogens is 360 g/mol. The molecule has 1 aromatic rings. The van der Waals surface area contributed by atoms with Crippen molar-refractivity contribution in [3.8, 4) is 0 Å². The summed E-state index contributed by atoms with van der Waals surface area (Å²) in [5, 5.41) is 6.40. The predicted molar refractivity (Wildman–Crippen MR) is 110 cm³/mol. The summed E-state index contributed by atoms with van der Waals surface area (Å²) in [5.41, 5.74) is -0.0476. The Labute approximate surface area is 165 Å². The van der Waals surface area contributed by atoms with Crippen molar-refractivity contribution in [1.82, 2.24) is 9.80 Å². The third-order valence-corrected chi connectivity index (χ3v) is 5.92. The number of carbonyl (C=O) groups excluding carboxylic acids is 1. The number of anilines is 2. The number of likely N-dealkylation sites (tertiary alicyclic amines) is 2. The van der Waals surface area contributed by atoms with Crippen LogP contribution >= 0.6 is 0 Å². The first-order valence-electron chi connectivity index (χ1n) is 10.5. The van der Waals surface area contributed by atoms with Crippen LogP contribution in [0.5, 0.6) is 0 Å². The molecule has 8 nitrogen and oxygen atoms in total. The van der Waals surface area contributed by atoms with Crippen molar-refractivity contribution in [2.45, 2.75) is 58.0 Å². The van der Waals surface area contributed by atoms with Gasteiger partial charge in [0.1, 0.15) is 11.4 Å². The average molecular weight is 393 g/mol. The van der Waals surface area contributed by atoms with Crippen LogP contribution in [-0.4, -0.2) is 67.3 Å². The molecule has 0 saturated carbocycles. The van der Waals surface area contributed by atoms with Gasteiger partial charge in [0.2, 0.25) is 0 Å². The van der Waals surface area contributed by atoms with Gasteiger partial charge in [0.05, 0.1) is 6.61 Å². The maximum Gasteiger partial charge on any atom is 0.409 e. The Balaban J connectivity index is 1.48. The molecule has 0 bridgehead atoms.